The van der Waals surface area contributed by atoms with Gasteiger partial charge in [-0.05, 0) is 37.5 Å². The molecule has 0 radical (unpaired) electrons. The van der Waals surface area contributed by atoms with Crippen LogP contribution in [0.1, 0.15) is 23.8 Å². The van der Waals surface area contributed by atoms with Crippen molar-refractivity contribution in [2.75, 3.05) is 24.8 Å². The molecule has 94 valence electrons. The first-order valence-corrected chi connectivity index (χ1v) is 6.93. The van der Waals surface area contributed by atoms with Crippen LogP contribution in [0.3, 0.4) is 0 Å². The lowest BCUT2D eigenvalue weighted by molar-refractivity contribution is 0.0735. The minimum atomic E-state index is -0.0568. The van der Waals surface area contributed by atoms with E-state index in [0.717, 1.165) is 12.2 Å². The standard InChI is InChI=1S/C12H19N3OS/c1-9(6-7-17-3)15(2)12(16)11-5-4-10(13)8-14-11/h4-5,8-9H,6-7,13H2,1-3H3. The fraction of sp³-hybridized carbons (Fsp3) is 0.500. The minimum absolute atomic E-state index is 0.0568. The topological polar surface area (TPSA) is 59.2 Å². The molecule has 0 saturated carbocycles. The molecule has 1 amide bonds. The number of carbonyl (C=O) groups is 1. The lowest BCUT2D eigenvalue weighted by Crippen LogP contribution is -2.35. The molecule has 1 atom stereocenters. The number of nitrogens with zero attached hydrogens (tertiary/aromatic N) is 2. The Morgan fingerprint density at radius 1 is 1.59 bits per heavy atom. The molecule has 5 heteroatoms. The third-order valence-corrected chi connectivity index (χ3v) is 3.37. The first kappa shape index (κ1) is 13.8. The minimum Gasteiger partial charge on any atom is -0.397 e. The van der Waals surface area contributed by atoms with E-state index in [2.05, 4.69) is 11.2 Å². The van der Waals surface area contributed by atoms with Gasteiger partial charge in [-0.3, -0.25) is 4.79 Å². The number of carbonyl (C=O) groups excluding carboxylic acids is 1. The van der Waals surface area contributed by atoms with E-state index < -0.39 is 0 Å². The van der Waals surface area contributed by atoms with E-state index in [1.54, 1.807) is 28.8 Å². The number of rotatable bonds is 5. The maximum absolute atomic E-state index is 12.1. The number of aromatic nitrogens is 1. The van der Waals surface area contributed by atoms with Crippen molar-refractivity contribution < 1.29 is 4.79 Å². The zero-order valence-corrected chi connectivity index (χ0v) is 11.3. The molecule has 0 aliphatic carbocycles. The monoisotopic (exact) mass is 253 g/mol. The summed E-state index contributed by atoms with van der Waals surface area (Å²) >= 11 is 1.79. The molecule has 0 bridgehead atoms. The van der Waals surface area contributed by atoms with E-state index in [-0.39, 0.29) is 11.9 Å². The van der Waals surface area contributed by atoms with Crippen molar-refractivity contribution in [1.29, 1.82) is 0 Å². The maximum Gasteiger partial charge on any atom is 0.272 e. The summed E-state index contributed by atoms with van der Waals surface area (Å²) in [6.45, 7) is 2.05. The van der Waals surface area contributed by atoms with Gasteiger partial charge in [-0.15, -0.1) is 0 Å². The molecular weight excluding hydrogens is 234 g/mol. The predicted molar refractivity (Wildman–Crippen MR) is 73.2 cm³/mol. The average molecular weight is 253 g/mol. The smallest absolute Gasteiger partial charge is 0.272 e. The van der Waals surface area contributed by atoms with Gasteiger partial charge in [0.2, 0.25) is 0 Å². The average Bonchev–Trinajstić information content (AvgIpc) is 2.35. The second-order valence-electron chi connectivity index (χ2n) is 4.02. The highest BCUT2D eigenvalue weighted by Gasteiger charge is 2.17. The van der Waals surface area contributed by atoms with Crippen LogP contribution >= 0.6 is 11.8 Å². The molecule has 1 unspecified atom stereocenters. The first-order valence-electron chi connectivity index (χ1n) is 5.54. The van der Waals surface area contributed by atoms with Crippen molar-refractivity contribution in [3.05, 3.63) is 24.0 Å². The number of nitrogen functional groups attached to an aromatic ring is 1. The Labute approximate surface area is 107 Å². The Morgan fingerprint density at radius 3 is 2.82 bits per heavy atom. The maximum atomic E-state index is 12.1. The molecule has 17 heavy (non-hydrogen) atoms. The van der Waals surface area contributed by atoms with E-state index >= 15 is 0 Å². The Kier molecular flexibility index (Phi) is 5.28. The third kappa shape index (κ3) is 3.93. The van der Waals surface area contributed by atoms with E-state index in [9.17, 15) is 4.79 Å². The SMILES string of the molecule is CSCCC(C)N(C)C(=O)c1ccc(N)cn1. The Hall–Kier alpha value is -1.23. The highest BCUT2D eigenvalue weighted by Crippen LogP contribution is 2.10. The van der Waals surface area contributed by atoms with Gasteiger partial charge in [0.15, 0.2) is 0 Å². The molecule has 0 aliphatic heterocycles. The van der Waals surface area contributed by atoms with Crippen molar-refractivity contribution in [3.8, 4) is 0 Å². The molecule has 2 N–H and O–H groups in total. The van der Waals surface area contributed by atoms with E-state index in [1.807, 2.05) is 14.0 Å². The molecule has 1 aromatic heterocycles. The number of hydrogen-bond donors (Lipinski definition) is 1. The largest absolute Gasteiger partial charge is 0.397 e. The van der Waals surface area contributed by atoms with Crippen LogP contribution in [-0.2, 0) is 0 Å². The second-order valence-corrected chi connectivity index (χ2v) is 5.01. The Bertz CT molecular complexity index is 367. The van der Waals surface area contributed by atoms with E-state index in [4.69, 9.17) is 5.73 Å². The molecule has 1 aromatic rings. The van der Waals surface area contributed by atoms with Gasteiger partial charge in [-0.25, -0.2) is 4.98 Å². The number of hydrogen-bond acceptors (Lipinski definition) is 4. The second kappa shape index (κ2) is 6.49. The molecule has 4 nitrogen and oxygen atoms in total. The first-order chi connectivity index (χ1) is 8.06. The number of amides is 1. The fourth-order valence-electron chi connectivity index (χ4n) is 1.39. The lowest BCUT2D eigenvalue weighted by Gasteiger charge is -2.24. The molecule has 0 aromatic carbocycles. The predicted octanol–water partition coefficient (Wildman–Crippen LogP) is 1.88. The van der Waals surface area contributed by atoms with Crippen LogP contribution in [0, 0.1) is 0 Å². The van der Waals surface area contributed by atoms with E-state index in [1.165, 1.54) is 6.20 Å². The van der Waals surface area contributed by atoms with Crippen LogP contribution in [0.5, 0.6) is 0 Å². The van der Waals surface area contributed by atoms with Crippen molar-refractivity contribution in [2.24, 2.45) is 0 Å². The number of nitrogens with two attached hydrogens (primary N) is 1. The summed E-state index contributed by atoms with van der Waals surface area (Å²) in [5.74, 6) is 0.993. The third-order valence-electron chi connectivity index (χ3n) is 2.73. The van der Waals surface area contributed by atoms with Crippen LogP contribution in [0.15, 0.2) is 18.3 Å². The molecule has 0 spiro atoms. The van der Waals surface area contributed by atoms with Crippen molar-refractivity contribution in [2.45, 2.75) is 19.4 Å². The molecule has 1 rings (SSSR count). The van der Waals surface area contributed by atoms with Crippen molar-refractivity contribution in [1.82, 2.24) is 9.88 Å². The molecule has 1 heterocycles. The van der Waals surface area contributed by atoms with Gasteiger partial charge in [0.25, 0.3) is 5.91 Å². The summed E-state index contributed by atoms with van der Waals surface area (Å²) in [6, 6.07) is 3.57. The van der Waals surface area contributed by atoms with Gasteiger partial charge in [0.05, 0.1) is 11.9 Å². The quantitative estimate of drug-likeness (QED) is 0.870. The van der Waals surface area contributed by atoms with Crippen LogP contribution in [0.4, 0.5) is 5.69 Å². The van der Waals surface area contributed by atoms with Gasteiger partial charge in [-0.1, -0.05) is 0 Å². The summed E-state index contributed by atoms with van der Waals surface area (Å²) in [5, 5.41) is 0. The zero-order chi connectivity index (χ0) is 12.8. The van der Waals surface area contributed by atoms with Gasteiger partial charge in [-0.2, -0.15) is 11.8 Å². The van der Waals surface area contributed by atoms with Crippen LogP contribution in [0.25, 0.3) is 0 Å². The van der Waals surface area contributed by atoms with Gasteiger partial charge in [0.1, 0.15) is 5.69 Å². The molecule has 0 aliphatic rings. The number of anilines is 1. The summed E-state index contributed by atoms with van der Waals surface area (Å²) in [5.41, 5.74) is 6.55. The zero-order valence-electron chi connectivity index (χ0n) is 10.5. The summed E-state index contributed by atoms with van der Waals surface area (Å²) in [4.78, 5) is 17.8. The highest BCUT2D eigenvalue weighted by molar-refractivity contribution is 7.98. The van der Waals surface area contributed by atoms with Crippen molar-refractivity contribution in [3.63, 3.8) is 0 Å². The molecular formula is C12H19N3OS. The van der Waals surface area contributed by atoms with Crippen molar-refractivity contribution >= 4 is 23.4 Å². The van der Waals surface area contributed by atoms with Crippen LogP contribution < -0.4 is 5.73 Å². The molecule has 0 fully saturated rings. The fourth-order valence-corrected chi connectivity index (χ4v) is 1.97. The number of pyridine rings is 1. The number of thioether (sulfide) groups is 1. The highest BCUT2D eigenvalue weighted by atomic mass is 32.2. The van der Waals surface area contributed by atoms with Gasteiger partial charge >= 0.3 is 0 Å². The summed E-state index contributed by atoms with van der Waals surface area (Å²) in [6.07, 6.45) is 4.56. The van der Waals surface area contributed by atoms with E-state index in [0.29, 0.717) is 11.4 Å². The Morgan fingerprint density at radius 2 is 2.29 bits per heavy atom. The normalized spacial score (nSPS) is 12.2. The summed E-state index contributed by atoms with van der Waals surface area (Å²) < 4.78 is 0. The molecule has 0 saturated heterocycles. The van der Waals surface area contributed by atoms with Crippen LogP contribution in [0.2, 0.25) is 0 Å². The lowest BCUT2D eigenvalue weighted by atomic mass is 10.2. The summed E-state index contributed by atoms with van der Waals surface area (Å²) in [7, 11) is 1.81. The van der Waals surface area contributed by atoms with Gasteiger partial charge < -0.3 is 10.6 Å². The Balaban J connectivity index is 2.65. The van der Waals surface area contributed by atoms with Crippen LogP contribution in [-0.4, -0.2) is 40.9 Å². The van der Waals surface area contributed by atoms with Gasteiger partial charge in [0, 0.05) is 13.1 Å².